The van der Waals surface area contributed by atoms with Gasteiger partial charge >= 0.3 is 0 Å². The second-order valence-corrected chi connectivity index (χ2v) is 4.29. The number of aromatic nitrogens is 2. The van der Waals surface area contributed by atoms with Gasteiger partial charge in [0.1, 0.15) is 10.8 Å². The van der Waals surface area contributed by atoms with Crippen LogP contribution in [-0.2, 0) is 12.4 Å². The molecule has 0 atom stereocenters. The van der Waals surface area contributed by atoms with Gasteiger partial charge in [-0.2, -0.15) is 5.10 Å². The highest BCUT2D eigenvalue weighted by Crippen LogP contribution is 2.29. The molecule has 1 aromatic heterocycles. The molecule has 0 saturated carbocycles. The lowest BCUT2D eigenvalue weighted by molar-refractivity contribution is 0.144. The molecule has 0 aliphatic rings. The minimum atomic E-state index is -2.63. The van der Waals surface area contributed by atoms with Crippen LogP contribution >= 0.6 is 23.2 Å². The SMILES string of the molecule is CC(C)Cn1nc(C(F)F)c(CCl)c1Cl. The molecule has 0 aromatic carbocycles. The average Bonchev–Trinajstić information content (AvgIpc) is 2.43. The van der Waals surface area contributed by atoms with Gasteiger partial charge in [-0.1, -0.05) is 25.4 Å². The summed E-state index contributed by atoms with van der Waals surface area (Å²) >= 11 is 11.5. The highest BCUT2D eigenvalue weighted by atomic mass is 35.5. The Labute approximate surface area is 97.2 Å². The average molecular weight is 257 g/mol. The lowest BCUT2D eigenvalue weighted by Crippen LogP contribution is -2.06. The summed E-state index contributed by atoms with van der Waals surface area (Å²) in [5.74, 6) is 0.243. The van der Waals surface area contributed by atoms with E-state index in [0.717, 1.165) is 0 Å². The fourth-order valence-corrected chi connectivity index (χ4v) is 1.86. The summed E-state index contributed by atoms with van der Waals surface area (Å²) in [5, 5.41) is 3.99. The van der Waals surface area contributed by atoms with Gasteiger partial charge in [0.25, 0.3) is 6.43 Å². The van der Waals surface area contributed by atoms with E-state index >= 15 is 0 Å². The van der Waals surface area contributed by atoms with E-state index in [1.54, 1.807) is 0 Å². The molecule has 1 aromatic rings. The molecule has 0 unspecified atom stereocenters. The fraction of sp³-hybridized carbons (Fsp3) is 0.667. The van der Waals surface area contributed by atoms with Crippen molar-refractivity contribution in [3.05, 3.63) is 16.4 Å². The summed E-state index contributed by atoms with van der Waals surface area (Å²) < 4.78 is 26.5. The highest BCUT2D eigenvalue weighted by molar-refractivity contribution is 6.31. The second-order valence-electron chi connectivity index (χ2n) is 3.66. The number of alkyl halides is 3. The zero-order valence-corrected chi connectivity index (χ0v) is 9.99. The minimum Gasteiger partial charge on any atom is -0.253 e. The summed E-state index contributed by atoms with van der Waals surface area (Å²) in [4.78, 5) is 0. The molecule has 0 bridgehead atoms. The van der Waals surface area contributed by atoms with Crippen molar-refractivity contribution in [3.8, 4) is 0 Å². The van der Waals surface area contributed by atoms with Crippen LogP contribution in [0.1, 0.15) is 31.5 Å². The van der Waals surface area contributed by atoms with Gasteiger partial charge in [0.2, 0.25) is 0 Å². The molecular formula is C9H12Cl2F2N2. The predicted molar refractivity (Wildman–Crippen MR) is 56.6 cm³/mol. The lowest BCUT2D eigenvalue weighted by atomic mass is 10.2. The summed E-state index contributed by atoms with van der Waals surface area (Å²) in [6, 6.07) is 0. The van der Waals surface area contributed by atoms with E-state index in [4.69, 9.17) is 23.2 Å². The molecule has 1 rings (SSSR count). The zero-order chi connectivity index (χ0) is 11.6. The summed E-state index contributed by atoms with van der Waals surface area (Å²) in [7, 11) is 0. The van der Waals surface area contributed by atoms with E-state index in [1.807, 2.05) is 13.8 Å². The topological polar surface area (TPSA) is 17.8 Å². The Bertz CT molecular complexity index is 337. The number of hydrogen-bond acceptors (Lipinski definition) is 1. The maximum absolute atomic E-state index is 12.6. The van der Waals surface area contributed by atoms with Crippen LogP contribution in [0.5, 0.6) is 0 Å². The Morgan fingerprint density at radius 1 is 1.40 bits per heavy atom. The molecule has 6 heteroatoms. The summed E-state index contributed by atoms with van der Waals surface area (Å²) in [6.45, 7) is 4.43. The molecule has 0 radical (unpaired) electrons. The van der Waals surface area contributed by atoms with Crippen LogP contribution in [0.2, 0.25) is 5.15 Å². The van der Waals surface area contributed by atoms with Gasteiger partial charge in [0.05, 0.1) is 5.88 Å². The van der Waals surface area contributed by atoms with Gasteiger partial charge in [0.15, 0.2) is 0 Å². The number of nitrogens with zero attached hydrogens (tertiary/aromatic N) is 2. The Morgan fingerprint density at radius 3 is 2.33 bits per heavy atom. The highest BCUT2D eigenvalue weighted by Gasteiger charge is 2.22. The Balaban J connectivity index is 3.09. The third-order valence-electron chi connectivity index (χ3n) is 1.89. The summed E-state index contributed by atoms with van der Waals surface area (Å²) in [6.07, 6.45) is -2.63. The first-order valence-corrected chi connectivity index (χ1v) is 5.47. The van der Waals surface area contributed by atoms with Crippen molar-refractivity contribution in [2.45, 2.75) is 32.7 Å². The minimum absolute atomic E-state index is 0.0450. The molecule has 0 spiro atoms. The maximum atomic E-state index is 12.6. The fourth-order valence-electron chi connectivity index (χ4n) is 1.26. The van der Waals surface area contributed by atoms with Crippen molar-refractivity contribution < 1.29 is 8.78 Å². The van der Waals surface area contributed by atoms with E-state index < -0.39 is 6.43 Å². The van der Waals surface area contributed by atoms with Crippen molar-refractivity contribution in [1.82, 2.24) is 9.78 Å². The molecule has 0 amide bonds. The Morgan fingerprint density at radius 2 is 2.00 bits per heavy atom. The van der Waals surface area contributed by atoms with Gasteiger partial charge in [-0.3, -0.25) is 4.68 Å². The van der Waals surface area contributed by atoms with E-state index in [1.165, 1.54) is 4.68 Å². The van der Waals surface area contributed by atoms with E-state index in [-0.39, 0.29) is 28.2 Å². The van der Waals surface area contributed by atoms with E-state index in [0.29, 0.717) is 6.54 Å². The van der Waals surface area contributed by atoms with Gasteiger partial charge in [0, 0.05) is 12.1 Å². The first-order chi connectivity index (χ1) is 6.97. The van der Waals surface area contributed by atoms with Crippen molar-refractivity contribution in [2.75, 3.05) is 0 Å². The molecule has 15 heavy (non-hydrogen) atoms. The van der Waals surface area contributed by atoms with Crippen molar-refractivity contribution in [1.29, 1.82) is 0 Å². The van der Waals surface area contributed by atoms with Crippen molar-refractivity contribution in [2.24, 2.45) is 5.92 Å². The van der Waals surface area contributed by atoms with Crippen LogP contribution in [0.25, 0.3) is 0 Å². The van der Waals surface area contributed by atoms with Gasteiger partial charge in [-0.15, -0.1) is 11.6 Å². The third-order valence-corrected chi connectivity index (χ3v) is 2.58. The number of rotatable bonds is 4. The molecule has 0 aliphatic heterocycles. The molecule has 0 aliphatic carbocycles. The second kappa shape index (κ2) is 5.12. The van der Waals surface area contributed by atoms with Crippen molar-refractivity contribution >= 4 is 23.2 Å². The third kappa shape index (κ3) is 2.82. The van der Waals surface area contributed by atoms with E-state index in [9.17, 15) is 8.78 Å². The molecule has 0 saturated heterocycles. The monoisotopic (exact) mass is 256 g/mol. The van der Waals surface area contributed by atoms with Crippen LogP contribution in [0.15, 0.2) is 0 Å². The van der Waals surface area contributed by atoms with Crippen LogP contribution < -0.4 is 0 Å². The summed E-state index contributed by atoms with van der Waals surface area (Å²) in [5.41, 5.74) is -0.0790. The molecule has 2 nitrogen and oxygen atoms in total. The Hall–Kier alpha value is -0.350. The lowest BCUT2D eigenvalue weighted by Gasteiger charge is -2.05. The van der Waals surface area contributed by atoms with Crippen LogP contribution in [0, 0.1) is 5.92 Å². The zero-order valence-electron chi connectivity index (χ0n) is 8.48. The standard InChI is InChI=1S/C9H12Cl2F2N2/c1-5(2)4-15-8(11)6(3-10)7(14-15)9(12)13/h5,9H,3-4H2,1-2H3. The first-order valence-electron chi connectivity index (χ1n) is 4.56. The Kier molecular flexibility index (Phi) is 4.34. The largest absolute Gasteiger partial charge is 0.282 e. The maximum Gasteiger partial charge on any atom is 0.282 e. The van der Waals surface area contributed by atoms with Gasteiger partial charge < -0.3 is 0 Å². The predicted octanol–water partition coefficient (Wildman–Crippen LogP) is 3.87. The van der Waals surface area contributed by atoms with Crippen molar-refractivity contribution in [3.63, 3.8) is 0 Å². The normalized spacial score (nSPS) is 11.7. The van der Waals surface area contributed by atoms with Gasteiger partial charge in [-0.25, -0.2) is 8.78 Å². The first kappa shape index (κ1) is 12.7. The molecule has 0 N–H and O–H groups in total. The van der Waals surface area contributed by atoms with Gasteiger partial charge in [-0.05, 0) is 5.92 Å². The van der Waals surface area contributed by atoms with E-state index in [2.05, 4.69) is 5.10 Å². The quantitative estimate of drug-likeness (QED) is 0.748. The smallest absolute Gasteiger partial charge is 0.253 e. The molecule has 1 heterocycles. The van der Waals surface area contributed by atoms with Crippen LogP contribution in [0.4, 0.5) is 8.78 Å². The van der Waals surface area contributed by atoms with Crippen LogP contribution in [0.3, 0.4) is 0 Å². The number of halogens is 4. The molecule has 86 valence electrons. The molecule has 0 fully saturated rings. The van der Waals surface area contributed by atoms with Crippen LogP contribution in [-0.4, -0.2) is 9.78 Å². The number of hydrogen-bond donors (Lipinski definition) is 0. The molecular weight excluding hydrogens is 245 g/mol.